The van der Waals surface area contributed by atoms with Crippen LogP contribution in [0.25, 0.3) is 21.9 Å². The molecular weight excluding hydrogens is 316 g/mol. The highest BCUT2D eigenvalue weighted by molar-refractivity contribution is 5.90. The van der Waals surface area contributed by atoms with E-state index >= 15 is 0 Å². The number of rotatable bonds is 4. The second kappa shape index (κ2) is 6.96. The molecule has 0 amide bonds. The van der Waals surface area contributed by atoms with Crippen LogP contribution in [0.1, 0.15) is 5.56 Å². The number of fused-ring (bicyclic) bond motifs is 2. The SMILES string of the molecule is O=c1c2ccccc2oc2c(CN3CCN(CCO)CC3)cccc12. The van der Waals surface area contributed by atoms with E-state index in [1.807, 2.05) is 42.5 Å². The Hall–Kier alpha value is -2.21. The molecule has 0 unspecified atom stereocenters. The molecule has 1 N–H and O–H groups in total. The Labute approximate surface area is 146 Å². The number of para-hydroxylation sites is 2. The van der Waals surface area contributed by atoms with Crippen molar-refractivity contribution in [2.45, 2.75) is 6.54 Å². The molecule has 5 nitrogen and oxygen atoms in total. The molecule has 2 heterocycles. The van der Waals surface area contributed by atoms with Crippen LogP contribution in [0, 0.1) is 0 Å². The van der Waals surface area contributed by atoms with Gasteiger partial charge in [-0.05, 0) is 18.2 Å². The first kappa shape index (κ1) is 16.3. The third-order valence-electron chi connectivity index (χ3n) is 4.96. The van der Waals surface area contributed by atoms with Crippen LogP contribution < -0.4 is 5.43 Å². The van der Waals surface area contributed by atoms with Gasteiger partial charge >= 0.3 is 0 Å². The molecule has 0 aliphatic carbocycles. The maximum absolute atomic E-state index is 12.7. The van der Waals surface area contributed by atoms with Crippen molar-refractivity contribution >= 4 is 21.9 Å². The van der Waals surface area contributed by atoms with Crippen molar-refractivity contribution in [2.75, 3.05) is 39.3 Å². The Bertz CT molecular complexity index is 942. The molecule has 0 saturated carbocycles. The van der Waals surface area contributed by atoms with Crippen molar-refractivity contribution in [1.82, 2.24) is 9.80 Å². The number of hydrogen-bond donors (Lipinski definition) is 1. The summed E-state index contributed by atoms with van der Waals surface area (Å²) in [6, 6.07) is 13.2. The number of nitrogens with zero attached hydrogens (tertiary/aromatic N) is 2. The summed E-state index contributed by atoms with van der Waals surface area (Å²) in [6.07, 6.45) is 0. The van der Waals surface area contributed by atoms with Crippen molar-refractivity contribution in [3.8, 4) is 0 Å². The molecule has 5 heteroatoms. The lowest BCUT2D eigenvalue weighted by Crippen LogP contribution is -2.46. The van der Waals surface area contributed by atoms with E-state index in [4.69, 9.17) is 9.52 Å². The zero-order chi connectivity index (χ0) is 17.2. The minimum Gasteiger partial charge on any atom is -0.455 e. The normalized spacial score (nSPS) is 16.7. The van der Waals surface area contributed by atoms with E-state index < -0.39 is 0 Å². The minimum atomic E-state index is 0.0338. The van der Waals surface area contributed by atoms with Crippen LogP contribution in [0.5, 0.6) is 0 Å². The van der Waals surface area contributed by atoms with Crippen LogP contribution in [0.4, 0.5) is 0 Å². The first-order valence-corrected chi connectivity index (χ1v) is 8.75. The van der Waals surface area contributed by atoms with Gasteiger partial charge in [-0.2, -0.15) is 0 Å². The van der Waals surface area contributed by atoms with Crippen LogP contribution in [0.15, 0.2) is 51.7 Å². The van der Waals surface area contributed by atoms with Crippen molar-refractivity contribution in [3.63, 3.8) is 0 Å². The van der Waals surface area contributed by atoms with Crippen molar-refractivity contribution in [1.29, 1.82) is 0 Å². The average molecular weight is 338 g/mol. The van der Waals surface area contributed by atoms with E-state index in [1.54, 1.807) is 0 Å². The molecule has 4 rings (SSSR count). The van der Waals surface area contributed by atoms with Gasteiger partial charge in [-0.15, -0.1) is 0 Å². The smallest absolute Gasteiger partial charge is 0.200 e. The largest absolute Gasteiger partial charge is 0.455 e. The van der Waals surface area contributed by atoms with Gasteiger partial charge in [0.05, 0.1) is 17.4 Å². The molecule has 0 atom stereocenters. The molecule has 2 aromatic carbocycles. The summed E-state index contributed by atoms with van der Waals surface area (Å²) in [5.74, 6) is 0. The van der Waals surface area contributed by atoms with E-state index in [0.29, 0.717) is 21.9 Å². The number of benzene rings is 2. The molecule has 1 aromatic heterocycles. The Morgan fingerprint density at radius 3 is 2.44 bits per heavy atom. The van der Waals surface area contributed by atoms with Gasteiger partial charge in [-0.3, -0.25) is 14.6 Å². The third kappa shape index (κ3) is 3.18. The van der Waals surface area contributed by atoms with Crippen molar-refractivity contribution in [2.24, 2.45) is 0 Å². The Morgan fingerprint density at radius 2 is 1.64 bits per heavy atom. The Balaban J connectivity index is 1.65. The van der Waals surface area contributed by atoms with E-state index in [9.17, 15) is 4.79 Å². The number of piperazine rings is 1. The highest BCUT2D eigenvalue weighted by Gasteiger charge is 2.18. The molecule has 0 radical (unpaired) electrons. The Kier molecular flexibility index (Phi) is 4.53. The van der Waals surface area contributed by atoms with Crippen LogP contribution in [0.3, 0.4) is 0 Å². The van der Waals surface area contributed by atoms with Crippen LogP contribution in [-0.4, -0.2) is 54.2 Å². The van der Waals surface area contributed by atoms with Gasteiger partial charge in [0.25, 0.3) is 0 Å². The summed E-state index contributed by atoms with van der Waals surface area (Å²) in [5.41, 5.74) is 2.42. The summed E-state index contributed by atoms with van der Waals surface area (Å²) in [7, 11) is 0. The average Bonchev–Trinajstić information content (AvgIpc) is 2.65. The first-order chi connectivity index (χ1) is 12.3. The van der Waals surface area contributed by atoms with Gasteiger partial charge in [-0.25, -0.2) is 0 Å². The molecule has 3 aromatic rings. The van der Waals surface area contributed by atoms with Gasteiger partial charge in [0.1, 0.15) is 11.2 Å². The van der Waals surface area contributed by atoms with E-state index in [-0.39, 0.29) is 12.0 Å². The highest BCUT2D eigenvalue weighted by atomic mass is 16.3. The van der Waals surface area contributed by atoms with Crippen molar-refractivity contribution in [3.05, 3.63) is 58.3 Å². The summed E-state index contributed by atoms with van der Waals surface area (Å²) < 4.78 is 6.09. The van der Waals surface area contributed by atoms with Crippen LogP contribution in [0.2, 0.25) is 0 Å². The predicted molar refractivity (Wildman–Crippen MR) is 98.8 cm³/mol. The molecule has 0 bridgehead atoms. The summed E-state index contributed by atoms with van der Waals surface area (Å²) >= 11 is 0. The highest BCUT2D eigenvalue weighted by Crippen LogP contribution is 2.23. The van der Waals surface area contributed by atoms with Crippen LogP contribution in [-0.2, 0) is 6.54 Å². The van der Waals surface area contributed by atoms with Gasteiger partial charge in [0, 0.05) is 44.8 Å². The molecule has 1 fully saturated rings. The van der Waals surface area contributed by atoms with E-state index in [0.717, 1.165) is 44.8 Å². The Morgan fingerprint density at radius 1 is 0.920 bits per heavy atom. The number of aliphatic hydroxyl groups excluding tert-OH is 1. The lowest BCUT2D eigenvalue weighted by atomic mass is 10.1. The molecular formula is C20H22N2O3. The standard InChI is InChI=1S/C20H22N2O3/c23-13-12-21-8-10-22(11-9-21)14-15-4-3-6-17-19(24)16-5-1-2-7-18(16)25-20(15)17/h1-7,23H,8-14H2. The molecule has 1 aliphatic heterocycles. The second-order valence-corrected chi connectivity index (χ2v) is 6.56. The monoisotopic (exact) mass is 338 g/mol. The zero-order valence-corrected chi connectivity index (χ0v) is 14.1. The number of aliphatic hydroxyl groups is 1. The topological polar surface area (TPSA) is 56.9 Å². The summed E-state index contributed by atoms with van der Waals surface area (Å²) in [4.78, 5) is 17.4. The molecule has 1 saturated heterocycles. The fourth-order valence-corrected chi connectivity index (χ4v) is 3.56. The van der Waals surface area contributed by atoms with Crippen LogP contribution >= 0.6 is 0 Å². The molecule has 1 aliphatic rings. The zero-order valence-electron chi connectivity index (χ0n) is 14.1. The van der Waals surface area contributed by atoms with Gasteiger partial charge < -0.3 is 9.52 Å². The minimum absolute atomic E-state index is 0.0338. The van der Waals surface area contributed by atoms with Gasteiger partial charge in [0.15, 0.2) is 0 Å². The number of hydrogen-bond acceptors (Lipinski definition) is 5. The predicted octanol–water partition coefficient (Wildman–Crippen LogP) is 2.06. The molecule has 130 valence electrons. The van der Waals surface area contributed by atoms with E-state index in [1.165, 1.54) is 0 Å². The lowest BCUT2D eigenvalue weighted by Gasteiger charge is -2.34. The second-order valence-electron chi connectivity index (χ2n) is 6.56. The molecule has 25 heavy (non-hydrogen) atoms. The molecule has 0 spiro atoms. The lowest BCUT2D eigenvalue weighted by molar-refractivity contribution is 0.108. The summed E-state index contributed by atoms with van der Waals surface area (Å²) in [6.45, 7) is 5.54. The van der Waals surface area contributed by atoms with E-state index in [2.05, 4.69) is 9.80 Å². The third-order valence-corrected chi connectivity index (χ3v) is 4.96. The van der Waals surface area contributed by atoms with Crippen molar-refractivity contribution < 1.29 is 9.52 Å². The number of β-amino-alcohol motifs (C(OH)–C–C–N with tert-alkyl or cyclic N) is 1. The van der Waals surface area contributed by atoms with Gasteiger partial charge in [0.2, 0.25) is 5.43 Å². The fourth-order valence-electron chi connectivity index (χ4n) is 3.56. The fraction of sp³-hybridized carbons (Fsp3) is 0.350. The quantitative estimate of drug-likeness (QED) is 0.738. The maximum atomic E-state index is 12.7. The van der Waals surface area contributed by atoms with Gasteiger partial charge in [-0.1, -0.05) is 24.3 Å². The maximum Gasteiger partial charge on any atom is 0.200 e. The summed E-state index contributed by atoms with van der Waals surface area (Å²) in [5, 5.41) is 10.3. The first-order valence-electron chi connectivity index (χ1n) is 8.75.